The number of nitriles is 1. The average Bonchev–Trinajstić information content (AvgIpc) is 2.37. The van der Waals surface area contributed by atoms with E-state index in [1.54, 1.807) is 24.3 Å². The van der Waals surface area contributed by atoms with Crippen LogP contribution in [-0.2, 0) is 15.8 Å². The van der Waals surface area contributed by atoms with E-state index in [9.17, 15) is 8.42 Å². The highest BCUT2D eigenvalue weighted by Gasteiger charge is 2.18. The van der Waals surface area contributed by atoms with E-state index in [1.807, 2.05) is 19.9 Å². The maximum Gasteiger partial charge on any atom is 0.216 e. The number of sulfonamides is 1. The molecule has 0 amide bonds. The van der Waals surface area contributed by atoms with Gasteiger partial charge < -0.3 is 5.73 Å². The highest BCUT2D eigenvalue weighted by molar-refractivity contribution is 7.88. The molecule has 0 bridgehead atoms. The zero-order chi connectivity index (χ0) is 15.2. The normalized spacial score (nSPS) is 13.2. The van der Waals surface area contributed by atoms with Crippen LogP contribution in [0.1, 0.15) is 31.4 Å². The molecule has 0 spiro atoms. The average molecular weight is 295 g/mol. The Balaban J connectivity index is 2.71. The Morgan fingerprint density at radius 3 is 2.35 bits per heavy atom. The molecule has 1 atom stereocenters. The molecular weight excluding hydrogens is 274 g/mol. The molecule has 1 aromatic carbocycles. The summed E-state index contributed by atoms with van der Waals surface area (Å²) < 4.78 is 26.8. The molecule has 0 aliphatic heterocycles. The van der Waals surface area contributed by atoms with Crippen LogP contribution < -0.4 is 10.5 Å². The number of nitrogens with one attached hydrogen (secondary N) is 1. The minimum absolute atomic E-state index is 0.104. The van der Waals surface area contributed by atoms with Crippen molar-refractivity contribution in [3.05, 3.63) is 35.4 Å². The molecule has 0 fully saturated rings. The second kappa shape index (κ2) is 7.39. The van der Waals surface area contributed by atoms with Crippen LogP contribution in [-0.4, -0.2) is 21.0 Å². The van der Waals surface area contributed by atoms with Crippen molar-refractivity contribution in [2.24, 2.45) is 11.7 Å². The van der Waals surface area contributed by atoms with Crippen molar-refractivity contribution in [3.63, 3.8) is 0 Å². The summed E-state index contributed by atoms with van der Waals surface area (Å²) in [5.41, 5.74) is 6.76. The Labute approximate surface area is 120 Å². The van der Waals surface area contributed by atoms with E-state index in [0.717, 1.165) is 0 Å². The first kappa shape index (κ1) is 16.6. The maximum absolute atomic E-state index is 12.1. The topological polar surface area (TPSA) is 96.0 Å². The molecule has 1 aromatic rings. The fourth-order valence-electron chi connectivity index (χ4n) is 1.95. The van der Waals surface area contributed by atoms with Gasteiger partial charge in [0.1, 0.15) is 0 Å². The van der Waals surface area contributed by atoms with Gasteiger partial charge in [0, 0.05) is 12.6 Å². The Kier molecular flexibility index (Phi) is 6.14. The van der Waals surface area contributed by atoms with Crippen LogP contribution in [0.5, 0.6) is 0 Å². The Bertz CT molecular complexity index is 559. The number of nitrogens with two attached hydrogens (primary N) is 1. The van der Waals surface area contributed by atoms with Crippen molar-refractivity contribution in [3.8, 4) is 6.07 Å². The third-order valence-electron chi connectivity index (χ3n) is 2.83. The molecule has 0 radical (unpaired) electrons. The summed E-state index contributed by atoms with van der Waals surface area (Å²) in [6.07, 6.45) is 0.711. The van der Waals surface area contributed by atoms with Gasteiger partial charge in [0.15, 0.2) is 0 Å². The molecule has 0 saturated heterocycles. The quantitative estimate of drug-likeness (QED) is 0.793. The summed E-state index contributed by atoms with van der Waals surface area (Å²) in [7, 11) is -3.42. The molecule has 0 aliphatic carbocycles. The number of nitrogens with zero attached hydrogens (tertiary/aromatic N) is 1. The maximum atomic E-state index is 12.1. The minimum atomic E-state index is -3.42. The number of hydrogen-bond donors (Lipinski definition) is 2. The van der Waals surface area contributed by atoms with Gasteiger partial charge in [-0.3, -0.25) is 0 Å². The molecule has 0 saturated carbocycles. The van der Waals surface area contributed by atoms with Crippen LogP contribution >= 0.6 is 0 Å². The van der Waals surface area contributed by atoms with Gasteiger partial charge in [-0.25, -0.2) is 13.1 Å². The van der Waals surface area contributed by atoms with Gasteiger partial charge in [-0.15, -0.1) is 0 Å². The SMILES string of the molecule is CC(C)CC(CN)NS(=O)(=O)Cc1ccc(C#N)cc1. The van der Waals surface area contributed by atoms with Crippen LogP contribution in [0.3, 0.4) is 0 Å². The van der Waals surface area contributed by atoms with Gasteiger partial charge in [-0.1, -0.05) is 26.0 Å². The van der Waals surface area contributed by atoms with Gasteiger partial charge in [0.05, 0.1) is 17.4 Å². The number of benzene rings is 1. The van der Waals surface area contributed by atoms with Crippen LogP contribution in [0, 0.1) is 17.2 Å². The van der Waals surface area contributed by atoms with Gasteiger partial charge in [0.2, 0.25) is 10.0 Å². The van der Waals surface area contributed by atoms with E-state index in [0.29, 0.717) is 23.5 Å². The van der Waals surface area contributed by atoms with Crippen LogP contribution in [0.15, 0.2) is 24.3 Å². The smallest absolute Gasteiger partial charge is 0.216 e. The van der Waals surface area contributed by atoms with E-state index in [4.69, 9.17) is 11.0 Å². The highest BCUT2D eigenvalue weighted by atomic mass is 32.2. The van der Waals surface area contributed by atoms with Gasteiger partial charge >= 0.3 is 0 Å². The van der Waals surface area contributed by atoms with Gasteiger partial charge in [0.25, 0.3) is 0 Å². The van der Waals surface area contributed by atoms with Crippen molar-refractivity contribution in [2.45, 2.75) is 32.1 Å². The van der Waals surface area contributed by atoms with Crippen LogP contribution in [0.4, 0.5) is 0 Å². The Morgan fingerprint density at radius 1 is 1.30 bits per heavy atom. The van der Waals surface area contributed by atoms with E-state index >= 15 is 0 Å². The van der Waals surface area contributed by atoms with E-state index in [1.165, 1.54) is 0 Å². The second-order valence-corrected chi connectivity index (χ2v) is 7.00. The molecule has 1 rings (SSSR count). The van der Waals surface area contributed by atoms with Crippen molar-refractivity contribution in [2.75, 3.05) is 6.54 Å². The van der Waals surface area contributed by atoms with Crippen molar-refractivity contribution < 1.29 is 8.42 Å². The first-order valence-electron chi connectivity index (χ1n) is 6.55. The molecule has 0 aromatic heterocycles. The minimum Gasteiger partial charge on any atom is -0.329 e. The van der Waals surface area contributed by atoms with Crippen molar-refractivity contribution >= 4 is 10.0 Å². The van der Waals surface area contributed by atoms with E-state index < -0.39 is 10.0 Å². The van der Waals surface area contributed by atoms with Crippen LogP contribution in [0.2, 0.25) is 0 Å². The zero-order valence-electron chi connectivity index (χ0n) is 11.8. The summed E-state index contributed by atoms with van der Waals surface area (Å²) in [6.45, 7) is 4.33. The van der Waals surface area contributed by atoms with Gasteiger partial charge in [-0.05, 0) is 30.0 Å². The molecule has 20 heavy (non-hydrogen) atoms. The lowest BCUT2D eigenvalue weighted by atomic mass is 10.1. The molecule has 0 aliphatic rings. The molecule has 1 unspecified atom stereocenters. The summed E-state index contributed by atoms with van der Waals surface area (Å²) >= 11 is 0. The van der Waals surface area contributed by atoms with Crippen LogP contribution in [0.25, 0.3) is 0 Å². The molecular formula is C14H21N3O2S. The first-order chi connectivity index (χ1) is 9.36. The second-order valence-electron chi connectivity index (χ2n) is 5.25. The molecule has 110 valence electrons. The molecule has 5 nitrogen and oxygen atoms in total. The highest BCUT2D eigenvalue weighted by Crippen LogP contribution is 2.10. The molecule has 0 heterocycles. The largest absolute Gasteiger partial charge is 0.329 e. The van der Waals surface area contributed by atoms with E-state index in [-0.39, 0.29) is 18.3 Å². The molecule has 6 heteroatoms. The monoisotopic (exact) mass is 295 g/mol. The number of rotatable bonds is 7. The lowest BCUT2D eigenvalue weighted by Gasteiger charge is -2.18. The Hall–Kier alpha value is -1.42. The third kappa shape index (κ3) is 5.70. The van der Waals surface area contributed by atoms with E-state index in [2.05, 4.69) is 4.72 Å². The predicted octanol–water partition coefficient (Wildman–Crippen LogP) is 1.35. The summed E-state index contributed by atoms with van der Waals surface area (Å²) in [5.74, 6) is 0.272. The summed E-state index contributed by atoms with van der Waals surface area (Å²) in [5, 5.41) is 8.70. The van der Waals surface area contributed by atoms with Gasteiger partial charge in [-0.2, -0.15) is 5.26 Å². The fourth-order valence-corrected chi connectivity index (χ4v) is 3.37. The Morgan fingerprint density at radius 2 is 1.90 bits per heavy atom. The molecule has 3 N–H and O–H groups in total. The first-order valence-corrected chi connectivity index (χ1v) is 8.20. The standard InChI is InChI=1S/C14H21N3O2S/c1-11(2)7-14(9-16)17-20(18,19)10-13-5-3-12(8-15)4-6-13/h3-6,11,14,17H,7,9-10,16H2,1-2H3. The number of hydrogen-bond acceptors (Lipinski definition) is 4. The third-order valence-corrected chi connectivity index (χ3v) is 4.23. The zero-order valence-corrected chi connectivity index (χ0v) is 12.7. The fraction of sp³-hybridized carbons (Fsp3) is 0.500. The van der Waals surface area contributed by atoms with Crippen molar-refractivity contribution in [1.82, 2.24) is 4.72 Å². The predicted molar refractivity (Wildman–Crippen MR) is 79.2 cm³/mol. The summed E-state index contributed by atoms with van der Waals surface area (Å²) in [6, 6.07) is 8.28. The lowest BCUT2D eigenvalue weighted by molar-refractivity contribution is 0.465. The lowest BCUT2D eigenvalue weighted by Crippen LogP contribution is -2.41. The summed E-state index contributed by atoms with van der Waals surface area (Å²) in [4.78, 5) is 0. The van der Waals surface area contributed by atoms with Crippen molar-refractivity contribution in [1.29, 1.82) is 5.26 Å².